The third-order valence-corrected chi connectivity index (χ3v) is 6.97. The third-order valence-electron chi connectivity index (χ3n) is 5.82. The SMILES string of the molecule is CS(=O)c1ccc(Cc2c3n(c4ccc(Cl)cc24)CC(C(=O)O)CC3)c(C(F)(F)F)c1. The predicted molar refractivity (Wildman–Crippen MR) is 113 cm³/mol. The van der Waals surface area contributed by atoms with Gasteiger partial charge in [-0.3, -0.25) is 9.00 Å². The minimum absolute atomic E-state index is 0.0163. The number of carbonyl (C=O) groups is 1. The minimum Gasteiger partial charge on any atom is -0.481 e. The lowest BCUT2D eigenvalue weighted by molar-refractivity contribution is -0.142. The van der Waals surface area contributed by atoms with E-state index in [9.17, 15) is 27.3 Å². The molecule has 0 bridgehead atoms. The van der Waals surface area contributed by atoms with Gasteiger partial charge in [0.2, 0.25) is 0 Å². The molecule has 4 rings (SSSR count). The number of hydrogen-bond acceptors (Lipinski definition) is 2. The molecule has 1 aromatic heterocycles. The lowest BCUT2D eigenvalue weighted by Crippen LogP contribution is -2.26. The highest BCUT2D eigenvalue weighted by Crippen LogP contribution is 2.39. The van der Waals surface area contributed by atoms with Gasteiger partial charge in [0.25, 0.3) is 0 Å². The highest BCUT2D eigenvalue weighted by molar-refractivity contribution is 7.84. The summed E-state index contributed by atoms with van der Waals surface area (Å²) in [4.78, 5) is 11.6. The first-order chi connectivity index (χ1) is 14.6. The van der Waals surface area contributed by atoms with Crippen molar-refractivity contribution in [2.75, 3.05) is 6.26 Å². The highest BCUT2D eigenvalue weighted by atomic mass is 35.5. The van der Waals surface area contributed by atoms with Crippen molar-refractivity contribution in [2.24, 2.45) is 5.92 Å². The summed E-state index contributed by atoms with van der Waals surface area (Å²) in [5.74, 6) is -1.43. The first-order valence-corrected chi connectivity index (χ1v) is 11.6. The summed E-state index contributed by atoms with van der Waals surface area (Å²) < 4.78 is 55.0. The Balaban J connectivity index is 1.88. The van der Waals surface area contributed by atoms with Crippen LogP contribution in [-0.4, -0.2) is 26.1 Å². The zero-order valence-corrected chi connectivity index (χ0v) is 18.1. The number of benzene rings is 2. The molecule has 2 heterocycles. The fraction of sp³-hybridized carbons (Fsp3) is 0.318. The second kappa shape index (κ2) is 7.98. The van der Waals surface area contributed by atoms with Crippen molar-refractivity contribution in [1.29, 1.82) is 0 Å². The molecule has 2 aromatic carbocycles. The van der Waals surface area contributed by atoms with Gasteiger partial charge in [0.1, 0.15) is 0 Å². The first kappa shape index (κ1) is 21.9. The van der Waals surface area contributed by atoms with Gasteiger partial charge in [0.15, 0.2) is 0 Å². The second-order valence-electron chi connectivity index (χ2n) is 7.72. The van der Waals surface area contributed by atoms with E-state index in [1.165, 1.54) is 18.4 Å². The van der Waals surface area contributed by atoms with Gasteiger partial charge in [-0.05, 0) is 54.3 Å². The van der Waals surface area contributed by atoms with E-state index >= 15 is 0 Å². The van der Waals surface area contributed by atoms with E-state index in [1.807, 2.05) is 4.57 Å². The number of aromatic nitrogens is 1. The lowest BCUT2D eigenvalue weighted by atomic mass is 9.93. The maximum absolute atomic E-state index is 13.8. The molecule has 4 nitrogen and oxygen atoms in total. The summed E-state index contributed by atoms with van der Waals surface area (Å²) in [6.07, 6.45) is -2.36. The number of nitrogens with zero attached hydrogens (tertiary/aromatic N) is 1. The molecule has 0 aliphatic carbocycles. The maximum Gasteiger partial charge on any atom is 0.416 e. The van der Waals surface area contributed by atoms with Gasteiger partial charge >= 0.3 is 12.1 Å². The molecule has 0 amide bonds. The molecule has 0 saturated heterocycles. The Morgan fingerprint density at radius 2 is 2.00 bits per heavy atom. The number of rotatable bonds is 4. The molecule has 31 heavy (non-hydrogen) atoms. The normalized spacial score (nSPS) is 17.5. The molecule has 2 atom stereocenters. The molecule has 9 heteroatoms. The van der Waals surface area contributed by atoms with Crippen LogP contribution < -0.4 is 0 Å². The number of hydrogen-bond donors (Lipinski definition) is 1. The fourth-order valence-corrected chi connectivity index (χ4v) is 5.02. The van der Waals surface area contributed by atoms with Gasteiger partial charge in [-0.2, -0.15) is 13.2 Å². The Kier molecular flexibility index (Phi) is 5.64. The van der Waals surface area contributed by atoms with Crippen LogP contribution in [0.4, 0.5) is 13.2 Å². The van der Waals surface area contributed by atoms with Crippen molar-refractivity contribution in [1.82, 2.24) is 4.57 Å². The molecule has 2 unspecified atom stereocenters. The molecule has 0 fully saturated rings. The van der Waals surface area contributed by atoms with Crippen LogP contribution in [0.1, 0.15) is 28.8 Å². The average molecular weight is 470 g/mol. The highest BCUT2D eigenvalue weighted by Gasteiger charge is 2.35. The van der Waals surface area contributed by atoms with Crippen molar-refractivity contribution in [3.05, 3.63) is 63.8 Å². The Bertz CT molecular complexity index is 1220. The van der Waals surface area contributed by atoms with Crippen molar-refractivity contribution >= 4 is 39.3 Å². The molecule has 0 radical (unpaired) electrons. The fourth-order valence-electron chi connectivity index (χ4n) is 4.31. The monoisotopic (exact) mass is 469 g/mol. The molecule has 1 aliphatic heterocycles. The van der Waals surface area contributed by atoms with E-state index in [1.54, 1.807) is 18.2 Å². The molecule has 0 saturated carbocycles. The summed E-state index contributed by atoms with van der Waals surface area (Å²) in [5, 5.41) is 10.6. The van der Waals surface area contributed by atoms with Gasteiger partial charge in [-0.25, -0.2) is 0 Å². The molecule has 1 N–H and O–H groups in total. The number of fused-ring (bicyclic) bond motifs is 3. The van der Waals surface area contributed by atoms with Crippen LogP contribution in [0.5, 0.6) is 0 Å². The molecule has 3 aromatic rings. The third kappa shape index (κ3) is 4.11. The van der Waals surface area contributed by atoms with Gasteiger partial charge in [0, 0.05) is 56.5 Å². The van der Waals surface area contributed by atoms with E-state index in [0.717, 1.165) is 28.2 Å². The maximum atomic E-state index is 13.8. The summed E-state index contributed by atoms with van der Waals surface area (Å²) in [6, 6.07) is 8.97. The van der Waals surface area contributed by atoms with Crippen LogP contribution in [-0.2, 0) is 41.2 Å². The number of aliphatic carboxylic acids is 1. The molecule has 0 spiro atoms. The Labute approximate surface area is 184 Å². The van der Waals surface area contributed by atoms with E-state index in [2.05, 4.69) is 0 Å². The van der Waals surface area contributed by atoms with Crippen LogP contribution in [0, 0.1) is 5.92 Å². The van der Waals surface area contributed by atoms with E-state index in [-0.39, 0.29) is 23.4 Å². The van der Waals surface area contributed by atoms with Gasteiger partial charge < -0.3 is 9.67 Å². The summed E-state index contributed by atoms with van der Waals surface area (Å²) >= 11 is 6.18. The van der Waals surface area contributed by atoms with Gasteiger partial charge in [0.05, 0.1) is 11.5 Å². The summed E-state index contributed by atoms with van der Waals surface area (Å²) in [7, 11) is -1.53. The Hall–Kier alpha value is -2.32. The standard InChI is InChI=1S/C22H19ClF3NO3S/c1-31(30)15-5-2-12(18(10-15)22(24,25)26)8-16-17-9-14(23)4-7-20(17)27-11-13(21(28)29)3-6-19(16)27/h2,4-5,7,9-10,13H,3,6,8,11H2,1H3,(H,28,29). The lowest BCUT2D eigenvalue weighted by Gasteiger charge is -2.23. The number of carboxylic acid groups (broad SMARTS) is 1. The van der Waals surface area contributed by atoms with Crippen LogP contribution in [0.15, 0.2) is 41.3 Å². The van der Waals surface area contributed by atoms with Crippen molar-refractivity contribution in [2.45, 2.75) is 36.9 Å². The predicted octanol–water partition coefficient (Wildman–Crippen LogP) is 5.29. The number of halogens is 4. The van der Waals surface area contributed by atoms with Crippen LogP contribution in [0.25, 0.3) is 10.9 Å². The summed E-state index contributed by atoms with van der Waals surface area (Å²) in [6.45, 7) is 0.267. The smallest absolute Gasteiger partial charge is 0.416 e. The Morgan fingerprint density at radius 1 is 1.26 bits per heavy atom. The summed E-state index contributed by atoms with van der Waals surface area (Å²) in [5.41, 5.74) is 1.59. The van der Waals surface area contributed by atoms with Crippen LogP contribution in [0.2, 0.25) is 5.02 Å². The molecular weight excluding hydrogens is 451 g/mol. The molecule has 1 aliphatic rings. The van der Waals surface area contributed by atoms with Crippen LogP contribution >= 0.6 is 11.6 Å². The van der Waals surface area contributed by atoms with Crippen molar-refractivity contribution < 1.29 is 27.3 Å². The Morgan fingerprint density at radius 3 is 2.65 bits per heavy atom. The van der Waals surface area contributed by atoms with Crippen LogP contribution in [0.3, 0.4) is 0 Å². The topological polar surface area (TPSA) is 59.3 Å². The van der Waals surface area contributed by atoms with Crippen molar-refractivity contribution in [3.8, 4) is 0 Å². The molecular formula is C22H19ClF3NO3S. The largest absolute Gasteiger partial charge is 0.481 e. The van der Waals surface area contributed by atoms with E-state index in [0.29, 0.717) is 17.9 Å². The minimum atomic E-state index is -4.59. The second-order valence-corrected chi connectivity index (χ2v) is 9.53. The first-order valence-electron chi connectivity index (χ1n) is 9.62. The zero-order valence-electron chi connectivity index (χ0n) is 16.5. The zero-order chi connectivity index (χ0) is 22.5. The van der Waals surface area contributed by atoms with Gasteiger partial charge in [-0.15, -0.1) is 0 Å². The molecule has 164 valence electrons. The quantitative estimate of drug-likeness (QED) is 0.565. The number of alkyl halides is 3. The van der Waals surface area contributed by atoms with Crippen molar-refractivity contribution in [3.63, 3.8) is 0 Å². The van der Waals surface area contributed by atoms with Gasteiger partial charge in [-0.1, -0.05) is 17.7 Å². The number of carboxylic acids is 1. The van der Waals surface area contributed by atoms with E-state index in [4.69, 9.17) is 11.6 Å². The van der Waals surface area contributed by atoms with E-state index < -0.39 is 34.4 Å². The average Bonchev–Trinajstić information content (AvgIpc) is 2.99.